The van der Waals surface area contributed by atoms with Crippen LogP contribution in [0.2, 0.25) is 0 Å². The Morgan fingerprint density at radius 2 is 0.812 bits per heavy atom. The van der Waals surface area contributed by atoms with Crippen molar-refractivity contribution in [1.82, 2.24) is 0 Å². The van der Waals surface area contributed by atoms with Gasteiger partial charge < -0.3 is 0 Å². The van der Waals surface area contributed by atoms with Crippen LogP contribution in [0, 0.1) is 0 Å². The minimum Gasteiger partial charge on any atom is -0.281 e. The van der Waals surface area contributed by atoms with Gasteiger partial charge in [0.1, 0.15) is 0 Å². The van der Waals surface area contributed by atoms with E-state index in [1.807, 2.05) is 0 Å². The molecule has 0 amide bonds. The second-order valence-electron chi connectivity index (χ2n) is 5.70. The van der Waals surface area contributed by atoms with Crippen LogP contribution >= 0.6 is 0 Å². The average Bonchev–Trinajstić information content (AvgIpc) is 2.40. The van der Waals surface area contributed by atoms with Crippen molar-refractivity contribution >= 4 is 10.1 Å². The number of alkyl halides is 15. The molecule has 0 fully saturated rings. The van der Waals surface area contributed by atoms with E-state index >= 15 is 0 Å². The maximum atomic E-state index is 13.8. The highest BCUT2D eigenvalue weighted by atomic mass is 32.2. The zero-order chi connectivity index (χ0) is 26.6. The monoisotopic (exact) mass is 540 g/mol. The van der Waals surface area contributed by atoms with E-state index in [-0.39, 0.29) is 0 Å². The second-order valence-corrected chi connectivity index (χ2v) is 7.16. The molecule has 2 atom stereocenters. The summed E-state index contributed by atoms with van der Waals surface area (Å²) in [5.41, 5.74) is 0. The fourth-order valence-electron chi connectivity index (χ4n) is 1.21. The Hall–Kier alpha value is -1.26. The van der Waals surface area contributed by atoms with Gasteiger partial charge in [-0.15, -0.1) is 0 Å². The highest BCUT2D eigenvalue weighted by Gasteiger charge is 2.75. The molecule has 0 aromatic rings. The summed E-state index contributed by atoms with van der Waals surface area (Å²) in [7, 11) is -7.24. The minimum absolute atomic E-state index is 1.10. The van der Waals surface area contributed by atoms with Crippen LogP contribution < -0.4 is 0 Å². The highest BCUT2D eigenvalue weighted by Crippen LogP contribution is 2.51. The molecular formula is C10H7F15O6S. The summed E-state index contributed by atoms with van der Waals surface area (Å²) in [6, 6.07) is 0. The number of halogens is 15. The Bertz CT molecular complexity index is 787. The molecule has 0 bridgehead atoms. The van der Waals surface area contributed by atoms with E-state index in [1.54, 1.807) is 4.74 Å². The van der Waals surface area contributed by atoms with Gasteiger partial charge in [-0.1, -0.05) is 0 Å². The number of hydrogen-bond acceptors (Lipinski definition) is 5. The van der Waals surface area contributed by atoms with E-state index < -0.39 is 71.5 Å². The molecule has 6 nitrogen and oxygen atoms in total. The van der Waals surface area contributed by atoms with Crippen LogP contribution in [0.1, 0.15) is 13.8 Å². The van der Waals surface area contributed by atoms with Crippen LogP contribution in [0.5, 0.6) is 0 Å². The Morgan fingerprint density at radius 1 is 0.531 bits per heavy atom. The maximum absolute atomic E-state index is 13.8. The molecule has 0 aromatic heterocycles. The number of ether oxygens (including phenoxy) is 3. The van der Waals surface area contributed by atoms with Gasteiger partial charge in [-0.2, -0.15) is 65.5 Å². The fourth-order valence-corrected chi connectivity index (χ4v) is 1.55. The lowest BCUT2D eigenvalue weighted by molar-refractivity contribution is -0.531. The normalized spacial score (nSPS) is 19.4. The Balaban J connectivity index is 6.01. The lowest BCUT2D eigenvalue weighted by Gasteiger charge is -2.38. The van der Waals surface area contributed by atoms with Crippen LogP contribution in [0.4, 0.5) is 65.9 Å². The van der Waals surface area contributed by atoms with Crippen molar-refractivity contribution in [2.75, 3.05) is 0 Å². The first-order chi connectivity index (χ1) is 13.4. The Morgan fingerprint density at radius 3 is 1.09 bits per heavy atom. The molecule has 0 radical (unpaired) electrons. The molecule has 0 aliphatic carbocycles. The van der Waals surface area contributed by atoms with Crippen molar-refractivity contribution in [1.29, 1.82) is 0 Å². The van der Waals surface area contributed by atoms with Gasteiger partial charge in [-0.25, -0.2) is 13.5 Å². The quantitative estimate of drug-likeness (QED) is 0.316. The summed E-state index contributed by atoms with van der Waals surface area (Å²) in [4.78, 5) is 0. The molecule has 32 heavy (non-hydrogen) atoms. The minimum atomic E-state index is -7.24. The predicted octanol–water partition coefficient (Wildman–Crippen LogP) is 4.82. The zero-order valence-corrected chi connectivity index (χ0v) is 15.4. The van der Waals surface area contributed by atoms with Gasteiger partial charge in [-0.3, -0.25) is 14.0 Å². The van der Waals surface area contributed by atoms with E-state index in [4.69, 9.17) is 4.55 Å². The molecule has 0 rings (SSSR count). The average molecular weight is 540 g/mol. The van der Waals surface area contributed by atoms with Crippen LogP contribution in [-0.2, 0) is 24.3 Å². The summed E-state index contributed by atoms with van der Waals surface area (Å²) < 4.78 is 228. The first-order valence-electron chi connectivity index (χ1n) is 6.78. The molecule has 0 aliphatic rings. The number of rotatable bonds is 10. The predicted molar refractivity (Wildman–Crippen MR) is 64.6 cm³/mol. The number of hydrogen-bond donors (Lipinski definition) is 1. The van der Waals surface area contributed by atoms with E-state index in [0.29, 0.717) is 0 Å². The van der Waals surface area contributed by atoms with Crippen LogP contribution in [0.3, 0.4) is 0 Å². The molecular weight excluding hydrogens is 533 g/mol. The van der Waals surface area contributed by atoms with Gasteiger partial charge in [0.25, 0.3) is 0 Å². The lowest BCUT2D eigenvalue weighted by Crippen LogP contribution is -2.61. The topological polar surface area (TPSA) is 82.1 Å². The van der Waals surface area contributed by atoms with Crippen molar-refractivity contribution in [3.63, 3.8) is 0 Å². The summed E-state index contributed by atoms with van der Waals surface area (Å²) in [5.74, 6) is -11.9. The molecule has 0 aliphatic heterocycles. The van der Waals surface area contributed by atoms with Crippen molar-refractivity contribution < 1.29 is 93.0 Å². The largest absolute Gasteiger partial charge is 0.483 e. The first-order valence-corrected chi connectivity index (χ1v) is 8.22. The summed E-state index contributed by atoms with van der Waals surface area (Å²) in [6.07, 6.45) is -34.4. The van der Waals surface area contributed by atoms with E-state index in [9.17, 15) is 74.3 Å². The van der Waals surface area contributed by atoms with E-state index in [2.05, 4.69) is 9.47 Å². The third-order valence-electron chi connectivity index (χ3n) is 2.93. The zero-order valence-electron chi connectivity index (χ0n) is 14.6. The smallest absolute Gasteiger partial charge is 0.281 e. The first kappa shape index (κ1) is 30.7. The SMILES string of the molecule is CC(F)(OC(F)(F)C(F)(F)S(=O)(=O)O)C(F)(F)OC(C)(F)C(F)(F)OC(F)(F)C(F)(F)F. The lowest BCUT2D eigenvalue weighted by atomic mass is 10.2. The Labute approximate surface area is 165 Å². The highest BCUT2D eigenvalue weighted by molar-refractivity contribution is 7.86. The van der Waals surface area contributed by atoms with Crippen LogP contribution in [0.15, 0.2) is 0 Å². The Kier molecular flexibility index (Phi) is 7.60. The summed E-state index contributed by atoms with van der Waals surface area (Å²) in [6.45, 7) is -2.20. The van der Waals surface area contributed by atoms with Crippen LogP contribution in [0.25, 0.3) is 0 Å². The molecule has 0 heterocycles. The fraction of sp³-hybridized carbons (Fsp3) is 1.00. The van der Waals surface area contributed by atoms with Crippen LogP contribution in [-0.4, -0.2) is 60.5 Å². The third kappa shape index (κ3) is 5.80. The van der Waals surface area contributed by atoms with Gasteiger partial charge in [0.05, 0.1) is 0 Å². The molecule has 1 N–H and O–H groups in total. The van der Waals surface area contributed by atoms with E-state index in [1.165, 1.54) is 0 Å². The summed E-state index contributed by atoms with van der Waals surface area (Å²) >= 11 is 0. The molecule has 0 spiro atoms. The summed E-state index contributed by atoms with van der Waals surface area (Å²) in [5, 5.41) is -6.90. The molecule has 0 aromatic carbocycles. The third-order valence-corrected chi connectivity index (χ3v) is 3.81. The van der Waals surface area contributed by atoms with Gasteiger partial charge >= 0.3 is 57.7 Å². The maximum Gasteiger partial charge on any atom is 0.483 e. The van der Waals surface area contributed by atoms with Gasteiger partial charge in [0, 0.05) is 13.8 Å². The molecule has 0 saturated heterocycles. The molecule has 2 unspecified atom stereocenters. The van der Waals surface area contributed by atoms with E-state index in [0.717, 1.165) is 0 Å². The molecule has 194 valence electrons. The second kappa shape index (κ2) is 7.91. The van der Waals surface area contributed by atoms with Crippen molar-refractivity contribution in [3.8, 4) is 0 Å². The molecule has 0 saturated carbocycles. The van der Waals surface area contributed by atoms with Crippen molar-refractivity contribution in [3.05, 3.63) is 0 Å². The van der Waals surface area contributed by atoms with Crippen molar-refractivity contribution in [2.45, 2.75) is 61.4 Å². The van der Waals surface area contributed by atoms with Gasteiger partial charge in [0.15, 0.2) is 0 Å². The standard InChI is InChI=1S/C10H7F15O6S/c1-3(11,30-9(22,23)10(24,25)32(26,27)28)6(16,17)29-4(2,12)7(18,19)31-8(20,21)5(13,14)15/h1-2H3,(H,26,27,28). The van der Waals surface area contributed by atoms with Gasteiger partial charge in [0.2, 0.25) is 0 Å². The molecule has 22 heteroatoms. The van der Waals surface area contributed by atoms with Crippen molar-refractivity contribution in [2.24, 2.45) is 0 Å². The van der Waals surface area contributed by atoms with Gasteiger partial charge in [-0.05, 0) is 0 Å².